The number of carbonyl (C=O) groups is 2. The Hall–Kier alpha value is -1.40. The standard InChI is InChI=1S/C13H17N3O2S/c17-12(10-8-14-9-10)15-3-5-16(6-4-15)13(18)11-2-1-7-19-11/h1-2,7,10,14H,3-6,8-9H2. The molecule has 3 heterocycles. The maximum absolute atomic E-state index is 12.2. The van der Waals surface area contributed by atoms with Crippen LogP contribution < -0.4 is 5.32 Å². The molecule has 0 bridgehead atoms. The lowest BCUT2D eigenvalue weighted by molar-refractivity contribution is -0.138. The van der Waals surface area contributed by atoms with E-state index in [1.54, 1.807) is 0 Å². The lowest BCUT2D eigenvalue weighted by Gasteiger charge is -2.38. The van der Waals surface area contributed by atoms with Crippen LogP contribution >= 0.6 is 11.3 Å². The third-order valence-electron chi connectivity index (χ3n) is 3.74. The van der Waals surface area contributed by atoms with Crippen LogP contribution in [0.4, 0.5) is 0 Å². The molecule has 0 aromatic carbocycles. The highest BCUT2D eigenvalue weighted by Gasteiger charge is 2.32. The minimum Gasteiger partial charge on any atom is -0.339 e. The van der Waals surface area contributed by atoms with E-state index in [1.165, 1.54) is 11.3 Å². The Morgan fingerprint density at radius 2 is 1.84 bits per heavy atom. The molecule has 0 spiro atoms. The Morgan fingerprint density at radius 3 is 2.37 bits per heavy atom. The molecule has 2 saturated heterocycles. The van der Waals surface area contributed by atoms with Gasteiger partial charge in [-0.05, 0) is 11.4 Å². The number of nitrogens with zero attached hydrogens (tertiary/aromatic N) is 2. The summed E-state index contributed by atoms with van der Waals surface area (Å²) in [6, 6.07) is 3.74. The molecule has 0 unspecified atom stereocenters. The molecule has 3 rings (SSSR count). The Morgan fingerprint density at radius 1 is 1.16 bits per heavy atom. The monoisotopic (exact) mass is 279 g/mol. The number of amides is 2. The van der Waals surface area contributed by atoms with Gasteiger partial charge >= 0.3 is 0 Å². The smallest absolute Gasteiger partial charge is 0.264 e. The fraction of sp³-hybridized carbons (Fsp3) is 0.538. The zero-order valence-corrected chi connectivity index (χ0v) is 11.5. The third-order valence-corrected chi connectivity index (χ3v) is 4.60. The third kappa shape index (κ3) is 2.50. The number of thiophene rings is 1. The molecule has 0 aliphatic carbocycles. The largest absolute Gasteiger partial charge is 0.339 e. The van der Waals surface area contributed by atoms with E-state index in [9.17, 15) is 9.59 Å². The lowest BCUT2D eigenvalue weighted by atomic mass is 10.0. The summed E-state index contributed by atoms with van der Waals surface area (Å²) in [5, 5.41) is 5.03. The van der Waals surface area contributed by atoms with Crippen LogP contribution in [0, 0.1) is 5.92 Å². The van der Waals surface area contributed by atoms with E-state index >= 15 is 0 Å². The first kappa shape index (κ1) is 12.6. The predicted molar refractivity (Wildman–Crippen MR) is 73.2 cm³/mol. The molecular weight excluding hydrogens is 262 g/mol. The van der Waals surface area contributed by atoms with Gasteiger partial charge in [0.05, 0.1) is 10.8 Å². The van der Waals surface area contributed by atoms with Gasteiger partial charge in [-0.25, -0.2) is 0 Å². The fourth-order valence-corrected chi connectivity index (χ4v) is 3.10. The van der Waals surface area contributed by atoms with Crippen molar-refractivity contribution in [1.29, 1.82) is 0 Å². The summed E-state index contributed by atoms with van der Waals surface area (Å²) in [7, 11) is 0. The van der Waals surface area contributed by atoms with Crippen LogP contribution in [-0.2, 0) is 4.79 Å². The van der Waals surface area contributed by atoms with Gasteiger partial charge in [-0.15, -0.1) is 11.3 Å². The summed E-state index contributed by atoms with van der Waals surface area (Å²) in [6.45, 7) is 4.20. The summed E-state index contributed by atoms with van der Waals surface area (Å²) >= 11 is 1.47. The average Bonchev–Trinajstić information content (AvgIpc) is 2.90. The number of nitrogens with one attached hydrogen (secondary N) is 1. The second kappa shape index (κ2) is 5.30. The molecule has 2 fully saturated rings. The molecule has 6 heteroatoms. The van der Waals surface area contributed by atoms with Gasteiger partial charge in [0.2, 0.25) is 5.91 Å². The first-order valence-corrected chi connectivity index (χ1v) is 7.46. The Bertz CT molecular complexity index is 462. The van der Waals surface area contributed by atoms with Crippen LogP contribution in [0.3, 0.4) is 0 Å². The van der Waals surface area contributed by atoms with E-state index in [2.05, 4.69) is 5.32 Å². The molecule has 2 aliphatic heterocycles. The summed E-state index contributed by atoms with van der Waals surface area (Å²) in [6.07, 6.45) is 0. The van der Waals surface area contributed by atoms with Crippen LogP contribution in [0.2, 0.25) is 0 Å². The maximum Gasteiger partial charge on any atom is 0.264 e. The van der Waals surface area contributed by atoms with Crippen LogP contribution in [0.5, 0.6) is 0 Å². The molecular formula is C13H17N3O2S. The van der Waals surface area contributed by atoms with Crippen molar-refractivity contribution in [2.24, 2.45) is 5.92 Å². The molecule has 19 heavy (non-hydrogen) atoms. The highest BCUT2D eigenvalue weighted by molar-refractivity contribution is 7.12. The summed E-state index contributed by atoms with van der Waals surface area (Å²) in [4.78, 5) is 28.7. The van der Waals surface area contributed by atoms with Crippen molar-refractivity contribution in [3.63, 3.8) is 0 Å². The number of rotatable bonds is 2. The zero-order chi connectivity index (χ0) is 13.2. The Balaban J connectivity index is 1.54. The zero-order valence-electron chi connectivity index (χ0n) is 10.7. The molecule has 1 N–H and O–H groups in total. The second-order valence-corrected chi connectivity index (χ2v) is 5.90. The summed E-state index contributed by atoms with van der Waals surface area (Å²) < 4.78 is 0. The quantitative estimate of drug-likeness (QED) is 0.844. The molecule has 0 atom stereocenters. The van der Waals surface area contributed by atoms with Gasteiger partial charge in [-0.1, -0.05) is 6.07 Å². The van der Waals surface area contributed by atoms with Gasteiger partial charge in [0.1, 0.15) is 0 Å². The van der Waals surface area contributed by atoms with Crippen LogP contribution in [-0.4, -0.2) is 60.9 Å². The normalized spacial score (nSPS) is 20.2. The lowest BCUT2D eigenvalue weighted by Crippen LogP contribution is -2.57. The van der Waals surface area contributed by atoms with E-state index in [0.717, 1.165) is 18.0 Å². The van der Waals surface area contributed by atoms with Crippen molar-refractivity contribution in [3.8, 4) is 0 Å². The predicted octanol–water partition coefficient (Wildman–Crippen LogP) is 0.252. The van der Waals surface area contributed by atoms with Crippen molar-refractivity contribution < 1.29 is 9.59 Å². The van der Waals surface area contributed by atoms with E-state index in [4.69, 9.17) is 0 Å². The molecule has 0 radical (unpaired) electrons. The Labute approximate surface area is 116 Å². The van der Waals surface area contributed by atoms with Gasteiger partial charge < -0.3 is 15.1 Å². The minimum absolute atomic E-state index is 0.0902. The molecule has 1 aromatic heterocycles. The van der Waals surface area contributed by atoms with Gasteiger partial charge in [-0.2, -0.15) is 0 Å². The summed E-state index contributed by atoms with van der Waals surface area (Å²) in [5.74, 6) is 0.480. The van der Waals surface area contributed by atoms with Crippen molar-refractivity contribution in [3.05, 3.63) is 22.4 Å². The van der Waals surface area contributed by atoms with Crippen LogP contribution in [0.15, 0.2) is 17.5 Å². The fourth-order valence-electron chi connectivity index (χ4n) is 2.41. The van der Waals surface area contributed by atoms with E-state index in [1.807, 2.05) is 27.3 Å². The highest BCUT2D eigenvalue weighted by atomic mass is 32.1. The molecule has 102 valence electrons. The van der Waals surface area contributed by atoms with Gasteiger partial charge in [0.25, 0.3) is 5.91 Å². The van der Waals surface area contributed by atoms with Crippen molar-refractivity contribution >= 4 is 23.2 Å². The second-order valence-electron chi connectivity index (χ2n) is 4.95. The topological polar surface area (TPSA) is 52.7 Å². The maximum atomic E-state index is 12.2. The first-order chi connectivity index (χ1) is 9.25. The van der Waals surface area contributed by atoms with Gasteiger partial charge in [0.15, 0.2) is 0 Å². The minimum atomic E-state index is 0.0902. The van der Waals surface area contributed by atoms with Gasteiger partial charge in [-0.3, -0.25) is 9.59 Å². The number of hydrogen-bond acceptors (Lipinski definition) is 4. The first-order valence-electron chi connectivity index (χ1n) is 6.58. The van der Waals surface area contributed by atoms with Crippen LogP contribution in [0.25, 0.3) is 0 Å². The van der Waals surface area contributed by atoms with E-state index in [-0.39, 0.29) is 17.7 Å². The molecule has 5 nitrogen and oxygen atoms in total. The molecule has 1 aromatic rings. The number of piperazine rings is 1. The average molecular weight is 279 g/mol. The Kier molecular flexibility index (Phi) is 3.52. The van der Waals surface area contributed by atoms with Crippen molar-refractivity contribution in [1.82, 2.24) is 15.1 Å². The molecule has 2 aliphatic rings. The SMILES string of the molecule is O=C(c1cccs1)N1CCN(C(=O)C2CNC2)CC1. The van der Waals surface area contributed by atoms with Crippen molar-refractivity contribution in [2.75, 3.05) is 39.3 Å². The van der Waals surface area contributed by atoms with Crippen molar-refractivity contribution in [2.45, 2.75) is 0 Å². The van der Waals surface area contributed by atoms with Crippen LogP contribution in [0.1, 0.15) is 9.67 Å². The van der Waals surface area contributed by atoms with Gasteiger partial charge in [0, 0.05) is 39.3 Å². The highest BCUT2D eigenvalue weighted by Crippen LogP contribution is 2.15. The molecule has 0 saturated carbocycles. The number of carbonyl (C=O) groups excluding carboxylic acids is 2. The summed E-state index contributed by atoms with van der Waals surface area (Å²) in [5.41, 5.74) is 0. The van der Waals surface area contributed by atoms with E-state index < -0.39 is 0 Å². The number of hydrogen-bond donors (Lipinski definition) is 1. The van der Waals surface area contributed by atoms with E-state index in [0.29, 0.717) is 26.2 Å². The molecule has 2 amide bonds.